The minimum atomic E-state index is 0.151. The van der Waals surface area contributed by atoms with E-state index in [2.05, 4.69) is 23.3 Å². The quantitative estimate of drug-likeness (QED) is 0.404. The minimum Gasteiger partial charge on any atom is -0.356 e. The fraction of sp³-hybridized carbons (Fsp3) is 0.889. The molecule has 0 aromatic heterocycles. The van der Waals surface area contributed by atoms with Gasteiger partial charge in [-0.2, -0.15) is 12.6 Å². The number of hydrogen-bond donors (Lipinski definition) is 3. The van der Waals surface area contributed by atoms with Gasteiger partial charge in [0, 0.05) is 13.0 Å². The number of carbonyl (C=O) groups is 1. The molecule has 0 aliphatic carbocycles. The summed E-state index contributed by atoms with van der Waals surface area (Å²) in [5.74, 6) is 0.936. The van der Waals surface area contributed by atoms with E-state index in [9.17, 15) is 4.79 Å². The van der Waals surface area contributed by atoms with Gasteiger partial charge in [-0.25, -0.2) is 0 Å². The molecule has 1 amide bonds. The van der Waals surface area contributed by atoms with Gasteiger partial charge in [0.1, 0.15) is 0 Å². The Morgan fingerprint density at radius 1 is 1.23 bits per heavy atom. The van der Waals surface area contributed by atoms with E-state index in [0.29, 0.717) is 6.42 Å². The number of carbonyl (C=O) groups excluding carboxylic acids is 1. The van der Waals surface area contributed by atoms with Crippen LogP contribution in [0.3, 0.4) is 0 Å². The van der Waals surface area contributed by atoms with E-state index >= 15 is 0 Å². The first kappa shape index (κ1) is 12.8. The maximum absolute atomic E-state index is 11.1. The molecule has 0 heterocycles. The number of hydrogen-bond acceptors (Lipinski definition) is 3. The normalized spacial score (nSPS) is 10.0. The zero-order valence-corrected chi connectivity index (χ0v) is 9.20. The van der Waals surface area contributed by atoms with E-state index in [4.69, 9.17) is 0 Å². The number of rotatable bonds is 8. The summed E-state index contributed by atoms with van der Waals surface area (Å²) in [6.07, 6.45) is 3.64. The van der Waals surface area contributed by atoms with Crippen molar-refractivity contribution in [1.29, 1.82) is 0 Å². The summed E-state index contributed by atoms with van der Waals surface area (Å²) in [5, 5.41) is 5.94. The summed E-state index contributed by atoms with van der Waals surface area (Å²) in [6, 6.07) is 0. The molecule has 0 unspecified atom stereocenters. The number of unbranched alkanes of at least 4 members (excludes halogenated alkanes) is 1. The van der Waals surface area contributed by atoms with Gasteiger partial charge < -0.3 is 10.6 Å². The average molecular weight is 204 g/mol. The van der Waals surface area contributed by atoms with Crippen LogP contribution in [0.5, 0.6) is 0 Å². The van der Waals surface area contributed by atoms with Gasteiger partial charge in [-0.1, -0.05) is 0 Å². The molecular weight excluding hydrogens is 184 g/mol. The van der Waals surface area contributed by atoms with Crippen molar-refractivity contribution >= 4 is 18.5 Å². The molecule has 0 spiro atoms. The first-order valence-electron chi connectivity index (χ1n) is 4.83. The molecule has 2 N–H and O–H groups in total. The maximum atomic E-state index is 11.1. The van der Waals surface area contributed by atoms with Crippen LogP contribution < -0.4 is 10.6 Å². The molecule has 3 nitrogen and oxygen atoms in total. The Morgan fingerprint density at radius 2 is 1.92 bits per heavy atom. The van der Waals surface area contributed by atoms with Gasteiger partial charge in [0.15, 0.2) is 0 Å². The molecule has 0 bridgehead atoms. The highest BCUT2D eigenvalue weighted by Gasteiger charge is 1.98. The van der Waals surface area contributed by atoms with Crippen molar-refractivity contribution in [3.8, 4) is 0 Å². The van der Waals surface area contributed by atoms with Crippen molar-refractivity contribution in [2.75, 3.05) is 25.9 Å². The molecule has 0 radical (unpaired) electrons. The fourth-order valence-electron chi connectivity index (χ4n) is 0.983. The van der Waals surface area contributed by atoms with Gasteiger partial charge in [-0.05, 0) is 38.6 Å². The molecule has 0 aliphatic rings. The Kier molecular flexibility index (Phi) is 9.70. The van der Waals surface area contributed by atoms with Gasteiger partial charge in [-0.15, -0.1) is 0 Å². The van der Waals surface area contributed by atoms with Crippen molar-refractivity contribution in [3.63, 3.8) is 0 Å². The molecular formula is C9H20N2OS. The van der Waals surface area contributed by atoms with Gasteiger partial charge in [0.25, 0.3) is 0 Å². The number of thiol groups is 1. The summed E-state index contributed by atoms with van der Waals surface area (Å²) in [6.45, 7) is 1.82. The lowest BCUT2D eigenvalue weighted by Crippen LogP contribution is -2.24. The predicted octanol–water partition coefficient (Wildman–Crippen LogP) is 0.812. The van der Waals surface area contributed by atoms with Crippen LogP contribution >= 0.6 is 12.6 Å². The molecule has 0 atom stereocenters. The van der Waals surface area contributed by atoms with E-state index in [0.717, 1.165) is 38.1 Å². The highest BCUT2D eigenvalue weighted by atomic mass is 32.1. The first-order chi connectivity index (χ1) is 6.31. The molecule has 13 heavy (non-hydrogen) atoms. The first-order valence-corrected chi connectivity index (χ1v) is 5.46. The van der Waals surface area contributed by atoms with Crippen molar-refractivity contribution in [1.82, 2.24) is 10.6 Å². The molecule has 0 saturated carbocycles. The molecule has 0 aromatic rings. The minimum absolute atomic E-state index is 0.151. The summed E-state index contributed by atoms with van der Waals surface area (Å²) in [7, 11) is 1.94. The van der Waals surface area contributed by atoms with Crippen LogP contribution in [0.2, 0.25) is 0 Å². The SMILES string of the molecule is CNCCCCNC(=O)CCCS. The third-order valence-electron chi connectivity index (χ3n) is 1.74. The smallest absolute Gasteiger partial charge is 0.220 e. The van der Waals surface area contributed by atoms with Gasteiger partial charge in [0.2, 0.25) is 5.91 Å². The molecule has 0 rings (SSSR count). The Labute approximate surface area is 86.1 Å². The summed E-state index contributed by atoms with van der Waals surface area (Å²) in [5.41, 5.74) is 0. The second-order valence-corrected chi connectivity index (χ2v) is 3.43. The second kappa shape index (κ2) is 9.86. The number of amides is 1. The molecule has 0 fully saturated rings. The van der Waals surface area contributed by atoms with Crippen molar-refractivity contribution in [3.05, 3.63) is 0 Å². The maximum Gasteiger partial charge on any atom is 0.220 e. The Morgan fingerprint density at radius 3 is 2.54 bits per heavy atom. The third-order valence-corrected chi connectivity index (χ3v) is 2.05. The van der Waals surface area contributed by atoms with E-state index < -0.39 is 0 Å². The van der Waals surface area contributed by atoms with Gasteiger partial charge >= 0.3 is 0 Å². The third kappa shape index (κ3) is 9.70. The zero-order valence-electron chi connectivity index (χ0n) is 8.31. The van der Waals surface area contributed by atoms with Crippen molar-refractivity contribution in [2.24, 2.45) is 0 Å². The van der Waals surface area contributed by atoms with Crippen LogP contribution in [0.4, 0.5) is 0 Å². The van der Waals surface area contributed by atoms with E-state index in [1.165, 1.54) is 0 Å². The topological polar surface area (TPSA) is 41.1 Å². The molecule has 0 saturated heterocycles. The average Bonchev–Trinajstić information content (AvgIpc) is 2.14. The summed E-state index contributed by atoms with van der Waals surface area (Å²) >= 11 is 4.04. The monoisotopic (exact) mass is 204 g/mol. The zero-order chi connectivity index (χ0) is 9.94. The Bertz CT molecular complexity index is 131. The van der Waals surface area contributed by atoms with Crippen LogP contribution in [0.25, 0.3) is 0 Å². The van der Waals surface area contributed by atoms with Gasteiger partial charge in [0.05, 0.1) is 0 Å². The standard InChI is InChI=1S/C9H20N2OS/c1-10-6-2-3-7-11-9(12)5-4-8-13/h10,13H,2-8H2,1H3,(H,11,12). The van der Waals surface area contributed by atoms with Gasteiger partial charge in [-0.3, -0.25) is 4.79 Å². The molecule has 0 aromatic carbocycles. The van der Waals surface area contributed by atoms with Crippen molar-refractivity contribution in [2.45, 2.75) is 25.7 Å². The number of nitrogens with one attached hydrogen (secondary N) is 2. The lowest BCUT2D eigenvalue weighted by atomic mass is 10.3. The highest BCUT2D eigenvalue weighted by molar-refractivity contribution is 7.80. The Balaban J connectivity index is 3.08. The second-order valence-electron chi connectivity index (χ2n) is 2.99. The summed E-state index contributed by atoms with van der Waals surface area (Å²) < 4.78 is 0. The van der Waals surface area contributed by atoms with E-state index in [1.807, 2.05) is 7.05 Å². The molecule has 0 aliphatic heterocycles. The lowest BCUT2D eigenvalue weighted by molar-refractivity contribution is -0.121. The highest BCUT2D eigenvalue weighted by Crippen LogP contribution is 1.91. The van der Waals surface area contributed by atoms with Crippen LogP contribution in [0.1, 0.15) is 25.7 Å². The predicted molar refractivity (Wildman–Crippen MR) is 59.3 cm³/mol. The fourth-order valence-corrected chi connectivity index (χ4v) is 1.14. The van der Waals surface area contributed by atoms with Crippen molar-refractivity contribution < 1.29 is 4.79 Å². The van der Waals surface area contributed by atoms with Crippen LogP contribution in [0.15, 0.2) is 0 Å². The Hall–Kier alpha value is -0.220. The van der Waals surface area contributed by atoms with E-state index in [1.54, 1.807) is 0 Å². The van der Waals surface area contributed by atoms with E-state index in [-0.39, 0.29) is 5.91 Å². The largest absolute Gasteiger partial charge is 0.356 e. The lowest BCUT2D eigenvalue weighted by Gasteiger charge is -2.03. The van der Waals surface area contributed by atoms with Crippen LogP contribution in [-0.4, -0.2) is 31.8 Å². The van der Waals surface area contributed by atoms with Crippen LogP contribution in [-0.2, 0) is 4.79 Å². The molecule has 4 heteroatoms. The summed E-state index contributed by atoms with van der Waals surface area (Å²) in [4.78, 5) is 11.1. The molecule has 78 valence electrons. The van der Waals surface area contributed by atoms with Crippen LogP contribution in [0, 0.1) is 0 Å².